The molecule has 0 unspecified atom stereocenters. The predicted octanol–water partition coefficient (Wildman–Crippen LogP) is 1.80. The molecule has 0 aliphatic heterocycles. The Morgan fingerprint density at radius 3 is 2.40 bits per heavy atom. The molecule has 0 bridgehead atoms. The summed E-state index contributed by atoms with van der Waals surface area (Å²) in [5.74, 6) is 0.102. The third kappa shape index (κ3) is 3.46. The van der Waals surface area contributed by atoms with Gasteiger partial charge in [-0.05, 0) is 11.5 Å². The van der Waals surface area contributed by atoms with E-state index in [1.165, 1.54) is 0 Å². The van der Waals surface area contributed by atoms with Crippen molar-refractivity contribution in [3.63, 3.8) is 0 Å². The highest BCUT2D eigenvalue weighted by Gasteiger charge is 2.20. The first-order chi connectivity index (χ1) is 7.15. The number of hydrogen-bond donors (Lipinski definition) is 2. The van der Waals surface area contributed by atoms with Crippen LogP contribution in [0.1, 0.15) is 19.4 Å². The van der Waals surface area contributed by atoms with Crippen LogP contribution in [-0.4, -0.2) is 17.0 Å². The highest BCUT2D eigenvalue weighted by molar-refractivity contribution is 5.86. The first-order valence-corrected chi connectivity index (χ1v) is 5.11. The molecule has 0 fully saturated rings. The van der Waals surface area contributed by atoms with Crippen LogP contribution in [0.2, 0.25) is 0 Å². The molecule has 2 N–H and O–H groups in total. The molecule has 1 aromatic rings. The molecule has 15 heavy (non-hydrogen) atoms. The van der Waals surface area contributed by atoms with Crippen molar-refractivity contribution in [2.24, 2.45) is 5.92 Å². The van der Waals surface area contributed by atoms with Crippen molar-refractivity contribution in [3.05, 3.63) is 35.9 Å². The summed E-state index contributed by atoms with van der Waals surface area (Å²) in [5.41, 5.74) is 3.05. The van der Waals surface area contributed by atoms with Gasteiger partial charge in [0.05, 0.1) is 6.04 Å². The quantitative estimate of drug-likeness (QED) is 0.724. The minimum atomic E-state index is -0.481. The van der Waals surface area contributed by atoms with Crippen molar-refractivity contribution in [2.75, 3.05) is 0 Å². The summed E-state index contributed by atoms with van der Waals surface area (Å²) < 4.78 is 0. The topological polar surface area (TPSA) is 49.3 Å². The Morgan fingerprint density at radius 2 is 1.93 bits per heavy atom. The molecule has 0 aliphatic rings. The van der Waals surface area contributed by atoms with Gasteiger partial charge in [0.2, 0.25) is 0 Å². The van der Waals surface area contributed by atoms with Crippen LogP contribution in [0.4, 0.5) is 0 Å². The van der Waals surface area contributed by atoms with Gasteiger partial charge in [0, 0.05) is 6.42 Å². The first-order valence-electron chi connectivity index (χ1n) is 5.11. The van der Waals surface area contributed by atoms with Crippen LogP contribution < -0.4 is 5.48 Å². The fourth-order valence-electron chi connectivity index (χ4n) is 1.50. The van der Waals surface area contributed by atoms with E-state index in [0.29, 0.717) is 6.42 Å². The van der Waals surface area contributed by atoms with Gasteiger partial charge < -0.3 is 5.21 Å². The second-order valence-electron chi connectivity index (χ2n) is 3.98. The Kier molecular flexibility index (Phi) is 4.46. The van der Waals surface area contributed by atoms with Crippen LogP contribution in [-0.2, 0) is 11.2 Å². The third-order valence-corrected chi connectivity index (χ3v) is 2.37. The average molecular weight is 207 g/mol. The van der Waals surface area contributed by atoms with E-state index in [1.54, 1.807) is 0 Å². The van der Waals surface area contributed by atoms with Gasteiger partial charge in [-0.1, -0.05) is 44.2 Å². The van der Waals surface area contributed by atoms with E-state index in [2.05, 4.69) is 5.48 Å². The van der Waals surface area contributed by atoms with E-state index in [0.717, 1.165) is 5.56 Å². The normalized spacial score (nSPS) is 12.8. The molecule has 1 aromatic carbocycles. The van der Waals surface area contributed by atoms with E-state index in [1.807, 2.05) is 44.2 Å². The summed E-state index contributed by atoms with van der Waals surface area (Å²) in [6.45, 7) is 3.80. The molecule has 0 spiro atoms. The van der Waals surface area contributed by atoms with Crippen molar-refractivity contribution in [3.8, 4) is 0 Å². The summed E-state index contributed by atoms with van der Waals surface area (Å²) in [4.78, 5) is 11.8. The lowest BCUT2D eigenvalue weighted by atomic mass is 9.96. The Bertz CT molecular complexity index is 309. The van der Waals surface area contributed by atoms with Gasteiger partial charge in [0.25, 0.3) is 0 Å². The van der Waals surface area contributed by atoms with Gasteiger partial charge in [0.1, 0.15) is 0 Å². The largest absolute Gasteiger partial charge is 0.316 e. The highest BCUT2D eigenvalue weighted by Crippen LogP contribution is 2.07. The molecule has 0 heterocycles. The minimum absolute atomic E-state index is 0.0127. The molecule has 82 valence electrons. The van der Waals surface area contributed by atoms with Crippen molar-refractivity contribution in [1.82, 2.24) is 5.48 Å². The minimum Gasteiger partial charge on any atom is -0.316 e. The van der Waals surface area contributed by atoms with Crippen LogP contribution in [0.25, 0.3) is 0 Å². The summed E-state index contributed by atoms with van der Waals surface area (Å²) in [6.07, 6.45) is 0.358. The lowest BCUT2D eigenvalue weighted by Crippen LogP contribution is -2.39. The number of benzene rings is 1. The third-order valence-electron chi connectivity index (χ3n) is 2.37. The monoisotopic (exact) mass is 207 g/mol. The standard InChI is InChI=1S/C12H17NO2/c1-9(2)12(13-15)11(14)8-10-6-4-3-5-7-10/h3-7,9,12-13,15H,8H2,1-2H3/t12-/m0/s1. The molecule has 0 aliphatic carbocycles. The maximum Gasteiger partial charge on any atom is 0.156 e. The summed E-state index contributed by atoms with van der Waals surface area (Å²) in [6, 6.07) is 9.06. The second-order valence-corrected chi connectivity index (χ2v) is 3.98. The molecule has 0 saturated heterocycles. The molecule has 1 rings (SSSR count). The molecule has 0 aromatic heterocycles. The van der Waals surface area contributed by atoms with Crippen LogP contribution in [0.3, 0.4) is 0 Å². The Hall–Kier alpha value is -1.19. The Balaban J connectivity index is 2.62. The molecule has 0 radical (unpaired) electrons. The number of carbonyl (C=O) groups excluding carboxylic acids is 1. The fourth-order valence-corrected chi connectivity index (χ4v) is 1.50. The predicted molar refractivity (Wildman–Crippen MR) is 58.7 cm³/mol. The highest BCUT2D eigenvalue weighted by atomic mass is 16.5. The van der Waals surface area contributed by atoms with Crippen molar-refractivity contribution >= 4 is 5.78 Å². The van der Waals surface area contributed by atoms with Crippen molar-refractivity contribution < 1.29 is 10.0 Å². The van der Waals surface area contributed by atoms with Crippen LogP contribution in [0, 0.1) is 5.92 Å². The smallest absolute Gasteiger partial charge is 0.156 e. The number of Topliss-reactive ketones (excluding diaryl/α,β-unsaturated/α-hetero) is 1. The van der Waals surface area contributed by atoms with Gasteiger partial charge in [0.15, 0.2) is 5.78 Å². The molecular weight excluding hydrogens is 190 g/mol. The number of hydrogen-bond acceptors (Lipinski definition) is 3. The SMILES string of the molecule is CC(C)[C@H](NO)C(=O)Cc1ccccc1. The zero-order valence-corrected chi connectivity index (χ0v) is 9.10. The Labute approximate surface area is 90.1 Å². The van der Waals surface area contributed by atoms with E-state index in [4.69, 9.17) is 5.21 Å². The molecule has 1 atom stereocenters. The first kappa shape index (κ1) is 11.9. The van der Waals surface area contributed by atoms with Crippen LogP contribution in [0.5, 0.6) is 0 Å². The number of nitrogens with one attached hydrogen (secondary N) is 1. The number of rotatable bonds is 5. The number of hydroxylamine groups is 1. The molecule has 3 heteroatoms. The maximum absolute atomic E-state index is 11.8. The summed E-state index contributed by atoms with van der Waals surface area (Å²) in [5, 5.41) is 8.87. The zero-order chi connectivity index (χ0) is 11.3. The molecule has 0 saturated carbocycles. The fraction of sp³-hybridized carbons (Fsp3) is 0.417. The van der Waals surface area contributed by atoms with Gasteiger partial charge in [-0.15, -0.1) is 0 Å². The van der Waals surface area contributed by atoms with Crippen molar-refractivity contribution in [2.45, 2.75) is 26.3 Å². The lowest BCUT2D eigenvalue weighted by Gasteiger charge is -2.17. The molecule has 0 amide bonds. The maximum atomic E-state index is 11.8. The number of ketones is 1. The second kappa shape index (κ2) is 5.63. The summed E-state index contributed by atoms with van der Waals surface area (Å²) >= 11 is 0. The summed E-state index contributed by atoms with van der Waals surface area (Å²) in [7, 11) is 0. The number of carbonyl (C=O) groups is 1. The van der Waals surface area contributed by atoms with Crippen LogP contribution in [0.15, 0.2) is 30.3 Å². The molecule has 3 nitrogen and oxygen atoms in total. The van der Waals surface area contributed by atoms with E-state index < -0.39 is 6.04 Å². The van der Waals surface area contributed by atoms with Gasteiger partial charge in [-0.2, -0.15) is 5.48 Å². The molecular formula is C12H17NO2. The van der Waals surface area contributed by atoms with E-state index in [9.17, 15) is 4.79 Å². The van der Waals surface area contributed by atoms with Gasteiger partial charge in [-0.25, -0.2) is 0 Å². The average Bonchev–Trinajstić information content (AvgIpc) is 2.19. The lowest BCUT2D eigenvalue weighted by molar-refractivity contribution is -0.124. The van der Waals surface area contributed by atoms with Gasteiger partial charge >= 0.3 is 0 Å². The van der Waals surface area contributed by atoms with E-state index >= 15 is 0 Å². The zero-order valence-electron chi connectivity index (χ0n) is 9.10. The van der Waals surface area contributed by atoms with Crippen LogP contribution >= 0.6 is 0 Å². The Morgan fingerprint density at radius 1 is 1.33 bits per heavy atom. The van der Waals surface area contributed by atoms with Gasteiger partial charge in [-0.3, -0.25) is 4.79 Å². The van der Waals surface area contributed by atoms with Crippen molar-refractivity contribution in [1.29, 1.82) is 0 Å². The van der Waals surface area contributed by atoms with E-state index in [-0.39, 0.29) is 11.7 Å².